The summed E-state index contributed by atoms with van der Waals surface area (Å²) in [5.74, 6) is -2.83. The second kappa shape index (κ2) is 9.73. The molecule has 0 radical (unpaired) electrons. The van der Waals surface area contributed by atoms with Gasteiger partial charge < -0.3 is 14.8 Å². The zero-order valence-electron chi connectivity index (χ0n) is 17.9. The van der Waals surface area contributed by atoms with Crippen molar-refractivity contribution >= 4 is 46.0 Å². The van der Waals surface area contributed by atoms with Crippen LogP contribution in [-0.2, 0) is 19.1 Å². The fraction of sp³-hybridized carbons (Fsp3) is 0.318. The van der Waals surface area contributed by atoms with Crippen LogP contribution in [0.25, 0.3) is 0 Å². The quantitative estimate of drug-likeness (QED) is 0.477. The predicted molar refractivity (Wildman–Crippen MR) is 116 cm³/mol. The summed E-state index contributed by atoms with van der Waals surface area (Å²) >= 11 is 1.22. The molecule has 0 spiro atoms. The molecule has 0 aliphatic carbocycles. The number of esters is 2. The molecule has 0 bridgehead atoms. The summed E-state index contributed by atoms with van der Waals surface area (Å²) in [4.78, 5) is 62.9. The van der Waals surface area contributed by atoms with Gasteiger partial charge in [-0.25, -0.2) is 4.79 Å². The molecule has 0 saturated carbocycles. The van der Waals surface area contributed by atoms with Crippen LogP contribution in [0.1, 0.15) is 54.9 Å². The Kier molecular flexibility index (Phi) is 7.04. The number of nitrogens with one attached hydrogen (secondary N) is 1. The highest BCUT2D eigenvalue weighted by Gasteiger charge is 2.35. The van der Waals surface area contributed by atoms with Gasteiger partial charge in [0.15, 0.2) is 6.61 Å². The molecule has 3 amide bonds. The molecule has 1 N–H and O–H groups in total. The van der Waals surface area contributed by atoms with E-state index in [1.807, 2.05) is 6.92 Å². The van der Waals surface area contributed by atoms with Crippen LogP contribution < -0.4 is 5.32 Å². The average Bonchev–Trinajstić information content (AvgIpc) is 3.18. The van der Waals surface area contributed by atoms with E-state index >= 15 is 0 Å². The summed E-state index contributed by atoms with van der Waals surface area (Å²) in [6, 6.07) is 6.42. The number of hydrogen-bond donors (Lipinski definition) is 1. The minimum atomic E-state index is -0.735. The SMILES string of the molecule is CCOC(=O)c1c(NC(=O)COC(=O)CCN2C(=O)c3ccccc3C2=O)sc(C)c1C. The van der Waals surface area contributed by atoms with Crippen LogP contribution >= 0.6 is 11.3 Å². The molecule has 0 fully saturated rings. The summed E-state index contributed by atoms with van der Waals surface area (Å²) in [6.45, 7) is 4.74. The van der Waals surface area contributed by atoms with Crippen LogP contribution in [-0.4, -0.2) is 54.3 Å². The third-order valence-corrected chi connectivity index (χ3v) is 6.02. The Hall–Kier alpha value is -3.53. The highest BCUT2D eigenvalue weighted by atomic mass is 32.1. The number of carbonyl (C=O) groups is 5. The molecule has 1 aliphatic rings. The summed E-state index contributed by atoms with van der Waals surface area (Å²) in [7, 11) is 0. The minimum absolute atomic E-state index is 0.150. The molecule has 0 atom stereocenters. The third kappa shape index (κ3) is 4.70. The van der Waals surface area contributed by atoms with E-state index in [0.29, 0.717) is 21.7 Å². The van der Waals surface area contributed by atoms with Gasteiger partial charge in [-0.15, -0.1) is 11.3 Å². The van der Waals surface area contributed by atoms with Crippen LogP contribution in [0.3, 0.4) is 0 Å². The van der Waals surface area contributed by atoms with Crippen molar-refractivity contribution in [3.8, 4) is 0 Å². The van der Waals surface area contributed by atoms with Crippen LogP contribution in [0.4, 0.5) is 5.00 Å². The molecular weight excluding hydrogens is 436 g/mol. The van der Waals surface area contributed by atoms with Gasteiger partial charge in [0, 0.05) is 11.4 Å². The van der Waals surface area contributed by atoms with Crippen molar-refractivity contribution in [2.45, 2.75) is 27.2 Å². The van der Waals surface area contributed by atoms with Gasteiger partial charge in [0.05, 0.1) is 29.7 Å². The lowest BCUT2D eigenvalue weighted by atomic mass is 10.1. The fourth-order valence-electron chi connectivity index (χ4n) is 3.19. The van der Waals surface area contributed by atoms with Gasteiger partial charge in [-0.05, 0) is 38.5 Å². The van der Waals surface area contributed by atoms with E-state index in [9.17, 15) is 24.0 Å². The number of carbonyl (C=O) groups excluding carboxylic acids is 5. The number of amides is 3. The van der Waals surface area contributed by atoms with Crippen molar-refractivity contribution in [3.63, 3.8) is 0 Å². The van der Waals surface area contributed by atoms with Gasteiger partial charge in [0.1, 0.15) is 5.00 Å². The number of ether oxygens (including phenoxy) is 2. The smallest absolute Gasteiger partial charge is 0.341 e. The summed E-state index contributed by atoms with van der Waals surface area (Å²) in [5.41, 5.74) is 1.58. The molecule has 1 aromatic heterocycles. The molecule has 168 valence electrons. The second-order valence-electron chi connectivity index (χ2n) is 6.97. The largest absolute Gasteiger partial charge is 0.462 e. The van der Waals surface area contributed by atoms with Crippen molar-refractivity contribution in [1.82, 2.24) is 4.90 Å². The summed E-state index contributed by atoms with van der Waals surface area (Å²) in [6.07, 6.45) is -0.246. The molecule has 32 heavy (non-hydrogen) atoms. The van der Waals surface area contributed by atoms with Crippen LogP contribution in [0.2, 0.25) is 0 Å². The Morgan fingerprint density at radius 2 is 1.66 bits per heavy atom. The highest BCUT2D eigenvalue weighted by Crippen LogP contribution is 2.33. The van der Waals surface area contributed by atoms with E-state index < -0.39 is 36.3 Å². The lowest BCUT2D eigenvalue weighted by molar-refractivity contribution is -0.147. The number of benzene rings is 1. The molecule has 0 unspecified atom stereocenters. The summed E-state index contributed by atoms with van der Waals surface area (Å²) < 4.78 is 9.99. The maximum atomic E-state index is 12.3. The van der Waals surface area contributed by atoms with Crippen molar-refractivity contribution in [1.29, 1.82) is 0 Å². The molecule has 9 nitrogen and oxygen atoms in total. The van der Waals surface area contributed by atoms with E-state index in [4.69, 9.17) is 9.47 Å². The Morgan fingerprint density at radius 3 is 2.25 bits per heavy atom. The molecule has 2 heterocycles. The van der Waals surface area contributed by atoms with E-state index in [2.05, 4.69) is 5.32 Å². The van der Waals surface area contributed by atoms with E-state index in [-0.39, 0.29) is 25.1 Å². The number of hydrogen-bond acceptors (Lipinski definition) is 8. The van der Waals surface area contributed by atoms with Crippen molar-refractivity contribution in [2.24, 2.45) is 0 Å². The number of rotatable bonds is 8. The van der Waals surface area contributed by atoms with Crippen molar-refractivity contribution in [2.75, 3.05) is 25.1 Å². The number of anilines is 1. The molecule has 10 heteroatoms. The first-order chi connectivity index (χ1) is 15.2. The molecule has 1 aliphatic heterocycles. The number of thiophene rings is 1. The molecule has 0 saturated heterocycles. The molecule has 1 aromatic carbocycles. The second-order valence-corrected chi connectivity index (χ2v) is 8.20. The highest BCUT2D eigenvalue weighted by molar-refractivity contribution is 7.16. The Bertz CT molecular complexity index is 1070. The van der Waals surface area contributed by atoms with Gasteiger partial charge in [-0.2, -0.15) is 0 Å². The van der Waals surface area contributed by atoms with E-state index in [0.717, 1.165) is 9.78 Å². The predicted octanol–water partition coefficient (Wildman–Crippen LogP) is 2.71. The van der Waals surface area contributed by atoms with Crippen LogP contribution in [0, 0.1) is 13.8 Å². The Balaban J connectivity index is 1.52. The fourth-order valence-corrected chi connectivity index (χ4v) is 4.25. The number of aryl methyl sites for hydroxylation is 1. The Labute approximate surface area is 188 Å². The third-order valence-electron chi connectivity index (χ3n) is 4.90. The standard InChI is InChI=1S/C22H22N2O7S/c1-4-30-22(29)18-12(2)13(3)32-19(18)23-16(25)11-31-17(26)9-10-24-20(27)14-7-5-6-8-15(14)21(24)28/h5-8H,4,9-11H2,1-3H3,(H,23,25). The van der Waals surface area contributed by atoms with Gasteiger partial charge in [-0.3, -0.25) is 24.1 Å². The first-order valence-corrected chi connectivity index (χ1v) is 10.7. The topological polar surface area (TPSA) is 119 Å². The molecule has 2 aromatic rings. The van der Waals surface area contributed by atoms with Crippen LogP contribution in [0.5, 0.6) is 0 Å². The first-order valence-electron chi connectivity index (χ1n) is 9.92. The molecule has 3 rings (SSSR count). The lowest BCUT2D eigenvalue weighted by Gasteiger charge is -2.13. The van der Waals surface area contributed by atoms with Crippen LogP contribution in [0.15, 0.2) is 24.3 Å². The monoisotopic (exact) mass is 458 g/mol. The van der Waals surface area contributed by atoms with Gasteiger partial charge in [-0.1, -0.05) is 12.1 Å². The first kappa shape index (κ1) is 23.1. The maximum Gasteiger partial charge on any atom is 0.341 e. The van der Waals surface area contributed by atoms with E-state index in [1.165, 1.54) is 11.3 Å². The number of imide groups is 1. The van der Waals surface area contributed by atoms with E-state index in [1.54, 1.807) is 38.1 Å². The summed E-state index contributed by atoms with van der Waals surface area (Å²) in [5, 5.41) is 2.90. The van der Waals surface area contributed by atoms with Gasteiger partial charge >= 0.3 is 11.9 Å². The Morgan fingerprint density at radius 1 is 1.03 bits per heavy atom. The average molecular weight is 458 g/mol. The van der Waals surface area contributed by atoms with Crippen molar-refractivity contribution < 1.29 is 33.4 Å². The van der Waals surface area contributed by atoms with Gasteiger partial charge in [0.25, 0.3) is 17.7 Å². The normalized spacial score (nSPS) is 12.5. The van der Waals surface area contributed by atoms with Crippen molar-refractivity contribution in [3.05, 3.63) is 51.4 Å². The maximum absolute atomic E-state index is 12.3. The number of nitrogens with zero attached hydrogens (tertiary/aromatic N) is 1. The lowest BCUT2D eigenvalue weighted by Crippen LogP contribution is -2.32. The minimum Gasteiger partial charge on any atom is -0.462 e. The molecular formula is C22H22N2O7S. The zero-order chi connectivity index (χ0) is 23.4. The number of fused-ring (bicyclic) bond motifs is 1. The van der Waals surface area contributed by atoms with Gasteiger partial charge in [0.2, 0.25) is 0 Å². The zero-order valence-corrected chi connectivity index (χ0v) is 18.7.